The molecule has 0 amide bonds. The van der Waals surface area contributed by atoms with Crippen molar-refractivity contribution in [3.63, 3.8) is 0 Å². The number of benzene rings is 1. The normalized spacial score (nSPS) is 19.4. The Morgan fingerprint density at radius 2 is 2.14 bits per heavy atom. The average molecular weight is 333 g/mol. The van der Waals surface area contributed by atoms with Crippen LogP contribution in [0.1, 0.15) is 35.2 Å². The van der Waals surface area contributed by atoms with Gasteiger partial charge in [0.25, 0.3) is 0 Å². The first-order valence-corrected chi connectivity index (χ1v) is 8.72. The van der Waals surface area contributed by atoms with E-state index < -0.39 is 15.8 Å². The third-order valence-corrected chi connectivity index (χ3v) is 5.69. The van der Waals surface area contributed by atoms with Crippen molar-refractivity contribution in [2.75, 3.05) is 12.4 Å². The molecule has 0 aromatic heterocycles. The van der Waals surface area contributed by atoms with E-state index in [2.05, 4.69) is 0 Å². The Bertz CT molecular complexity index is 648. The van der Waals surface area contributed by atoms with E-state index in [1.807, 2.05) is 0 Å². The summed E-state index contributed by atoms with van der Waals surface area (Å²) >= 11 is 5.86. The van der Waals surface area contributed by atoms with Crippen LogP contribution in [0.25, 0.3) is 0 Å². The molecule has 0 spiro atoms. The van der Waals surface area contributed by atoms with Crippen molar-refractivity contribution in [1.82, 2.24) is 0 Å². The van der Waals surface area contributed by atoms with Gasteiger partial charge in [-0.05, 0) is 43.9 Å². The van der Waals surface area contributed by atoms with Crippen molar-refractivity contribution in [2.45, 2.75) is 37.2 Å². The molecule has 1 atom stereocenters. The van der Waals surface area contributed by atoms with E-state index in [1.54, 1.807) is 0 Å². The van der Waals surface area contributed by atoms with E-state index in [0.717, 1.165) is 12.8 Å². The molecule has 1 N–H and O–H groups in total. The molecule has 1 aliphatic heterocycles. The van der Waals surface area contributed by atoms with Gasteiger partial charge in [0.15, 0.2) is 9.84 Å². The van der Waals surface area contributed by atoms with Crippen LogP contribution < -0.4 is 0 Å². The van der Waals surface area contributed by atoms with Crippen molar-refractivity contribution in [3.05, 3.63) is 28.3 Å². The molecule has 0 saturated carbocycles. The van der Waals surface area contributed by atoms with Gasteiger partial charge in [-0.2, -0.15) is 0 Å². The second-order valence-electron chi connectivity index (χ2n) is 5.15. The van der Waals surface area contributed by atoms with Crippen LogP contribution in [-0.2, 0) is 14.6 Å². The summed E-state index contributed by atoms with van der Waals surface area (Å²) in [6.07, 6.45) is 2.24. The molecule has 0 bridgehead atoms. The van der Waals surface area contributed by atoms with E-state index in [-0.39, 0.29) is 32.9 Å². The van der Waals surface area contributed by atoms with Gasteiger partial charge in [-0.25, -0.2) is 13.2 Å². The Morgan fingerprint density at radius 1 is 1.43 bits per heavy atom. The molecule has 1 fully saturated rings. The zero-order valence-electron chi connectivity index (χ0n) is 11.6. The van der Waals surface area contributed by atoms with Gasteiger partial charge in [0.05, 0.1) is 22.3 Å². The molecule has 0 radical (unpaired) electrons. The summed E-state index contributed by atoms with van der Waals surface area (Å²) in [6.45, 7) is 2.05. The number of hydrogen-bond donors (Lipinski definition) is 1. The van der Waals surface area contributed by atoms with Gasteiger partial charge in [-0.15, -0.1) is 0 Å². The smallest absolute Gasteiger partial charge is 0.336 e. The largest absolute Gasteiger partial charge is 0.478 e. The van der Waals surface area contributed by atoms with Crippen molar-refractivity contribution >= 4 is 27.4 Å². The van der Waals surface area contributed by atoms with Gasteiger partial charge in [0, 0.05) is 11.6 Å². The topological polar surface area (TPSA) is 80.7 Å². The maximum atomic E-state index is 12.5. The van der Waals surface area contributed by atoms with E-state index in [9.17, 15) is 13.2 Å². The highest BCUT2D eigenvalue weighted by atomic mass is 35.5. The van der Waals surface area contributed by atoms with Gasteiger partial charge in [0.2, 0.25) is 0 Å². The van der Waals surface area contributed by atoms with Crippen LogP contribution in [0.2, 0.25) is 5.02 Å². The number of rotatable bonds is 4. The van der Waals surface area contributed by atoms with Gasteiger partial charge in [0.1, 0.15) is 0 Å². The highest BCUT2D eigenvalue weighted by molar-refractivity contribution is 7.91. The van der Waals surface area contributed by atoms with Crippen LogP contribution in [0.4, 0.5) is 0 Å². The quantitative estimate of drug-likeness (QED) is 0.916. The molecular formula is C14H17ClO5S. The average Bonchev–Trinajstić information content (AvgIpc) is 2.41. The zero-order chi connectivity index (χ0) is 15.6. The second-order valence-corrected chi connectivity index (χ2v) is 7.59. The minimum absolute atomic E-state index is 0.0263. The van der Waals surface area contributed by atoms with Crippen molar-refractivity contribution in [2.24, 2.45) is 0 Å². The predicted octanol–water partition coefficient (Wildman–Crippen LogP) is 2.69. The Morgan fingerprint density at radius 3 is 2.71 bits per heavy atom. The van der Waals surface area contributed by atoms with Crippen LogP contribution in [0, 0.1) is 6.92 Å². The first-order valence-electron chi connectivity index (χ1n) is 6.69. The third kappa shape index (κ3) is 3.75. The lowest BCUT2D eigenvalue weighted by atomic mass is 10.1. The highest BCUT2D eigenvalue weighted by Gasteiger charge is 2.27. The van der Waals surface area contributed by atoms with Crippen molar-refractivity contribution in [3.8, 4) is 0 Å². The van der Waals surface area contributed by atoms with Crippen molar-refractivity contribution in [1.29, 1.82) is 0 Å². The first-order chi connectivity index (χ1) is 9.81. The summed E-state index contributed by atoms with van der Waals surface area (Å²) in [5.41, 5.74) is 0.119. The van der Waals surface area contributed by atoms with Crippen LogP contribution in [0.5, 0.6) is 0 Å². The lowest BCUT2D eigenvalue weighted by Gasteiger charge is -2.23. The second kappa shape index (κ2) is 6.34. The molecule has 5 nitrogen and oxygen atoms in total. The van der Waals surface area contributed by atoms with E-state index in [4.69, 9.17) is 21.4 Å². The number of halogens is 1. The molecule has 21 heavy (non-hydrogen) atoms. The van der Waals surface area contributed by atoms with Gasteiger partial charge in [-0.3, -0.25) is 0 Å². The molecule has 1 aromatic carbocycles. The number of carboxylic acids is 1. The number of aromatic carboxylic acids is 1. The van der Waals surface area contributed by atoms with Crippen LogP contribution in [0.3, 0.4) is 0 Å². The molecule has 1 aromatic rings. The zero-order valence-corrected chi connectivity index (χ0v) is 13.2. The third-order valence-electron chi connectivity index (χ3n) is 3.57. The molecule has 1 aliphatic rings. The summed E-state index contributed by atoms with van der Waals surface area (Å²) in [5.74, 6) is -1.34. The maximum Gasteiger partial charge on any atom is 0.336 e. The van der Waals surface area contributed by atoms with Gasteiger partial charge < -0.3 is 9.84 Å². The SMILES string of the molecule is Cc1c(C(=O)O)cc(Cl)cc1S(=O)(=O)CC1CCCCO1. The Labute approximate surface area is 128 Å². The fourth-order valence-corrected chi connectivity index (χ4v) is 4.57. The lowest BCUT2D eigenvalue weighted by Crippen LogP contribution is -2.28. The maximum absolute atomic E-state index is 12.5. The summed E-state index contributed by atoms with van der Waals surface area (Å²) < 4.78 is 30.5. The Kier molecular flexibility index (Phi) is 4.91. The Hall–Kier alpha value is -1.11. The summed E-state index contributed by atoms with van der Waals surface area (Å²) in [6, 6.07) is 2.57. The monoisotopic (exact) mass is 332 g/mol. The van der Waals surface area contributed by atoms with Gasteiger partial charge >= 0.3 is 5.97 Å². The predicted molar refractivity (Wildman–Crippen MR) is 78.8 cm³/mol. The van der Waals surface area contributed by atoms with E-state index >= 15 is 0 Å². The minimum Gasteiger partial charge on any atom is -0.478 e. The minimum atomic E-state index is -3.64. The van der Waals surface area contributed by atoms with Crippen LogP contribution in [-0.4, -0.2) is 38.0 Å². The molecule has 2 rings (SSSR count). The summed E-state index contributed by atoms with van der Waals surface area (Å²) in [5, 5.41) is 9.22. The fraction of sp³-hybridized carbons (Fsp3) is 0.500. The summed E-state index contributed by atoms with van der Waals surface area (Å²) in [4.78, 5) is 11.1. The first kappa shape index (κ1) is 16.3. The van der Waals surface area contributed by atoms with E-state index in [0.29, 0.717) is 13.0 Å². The fourth-order valence-electron chi connectivity index (χ4n) is 2.47. The number of sulfone groups is 1. The number of carboxylic acid groups (broad SMARTS) is 1. The Balaban J connectivity index is 2.37. The van der Waals surface area contributed by atoms with Crippen LogP contribution in [0.15, 0.2) is 17.0 Å². The molecule has 1 saturated heterocycles. The van der Waals surface area contributed by atoms with Gasteiger partial charge in [-0.1, -0.05) is 11.6 Å². The van der Waals surface area contributed by atoms with E-state index in [1.165, 1.54) is 19.1 Å². The van der Waals surface area contributed by atoms with Crippen LogP contribution >= 0.6 is 11.6 Å². The standard InChI is InChI=1S/C14H17ClO5S/c1-9-12(14(16)17)6-10(15)7-13(9)21(18,19)8-11-4-2-3-5-20-11/h6-7,11H,2-5,8H2,1H3,(H,16,17). The number of carbonyl (C=O) groups is 1. The molecular weight excluding hydrogens is 316 g/mol. The number of ether oxygens (including phenoxy) is 1. The molecule has 1 heterocycles. The molecule has 116 valence electrons. The van der Waals surface area contributed by atoms with Crippen molar-refractivity contribution < 1.29 is 23.1 Å². The lowest BCUT2D eigenvalue weighted by molar-refractivity contribution is 0.0305. The number of hydrogen-bond acceptors (Lipinski definition) is 4. The molecule has 1 unspecified atom stereocenters. The molecule has 0 aliphatic carbocycles. The molecule has 7 heteroatoms. The summed E-state index contributed by atoms with van der Waals surface area (Å²) in [7, 11) is -3.64. The highest BCUT2D eigenvalue weighted by Crippen LogP contribution is 2.27.